The summed E-state index contributed by atoms with van der Waals surface area (Å²) in [6.07, 6.45) is 0. The van der Waals surface area contributed by atoms with E-state index >= 15 is 0 Å². The number of carbonyl (C=O) groups excluding carboxylic acids is 1. The number of methoxy groups -OCH3 is 1. The van der Waals surface area contributed by atoms with Crippen molar-refractivity contribution in [2.45, 2.75) is 19.4 Å². The van der Waals surface area contributed by atoms with Gasteiger partial charge < -0.3 is 10.1 Å². The topological polar surface area (TPSA) is 38.3 Å². The van der Waals surface area contributed by atoms with Gasteiger partial charge in [0.05, 0.1) is 12.1 Å². The molecule has 1 amide bonds. The number of amides is 1. The van der Waals surface area contributed by atoms with Crippen molar-refractivity contribution in [3.8, 4) is 0 Å². The van der Waals surface area contributed by atoms with Crippen LogP contribution in [0.5, 0.6) is 0 Å². The molecular formula is C6H13NO2S. The lowest BCUT2D eigenvalue weighted by Crippen LogP contribution is -2.44. The molecule has 1 N–H and O–H groups in total. The number of ether oxygens (including phenoxy) is 1. The summed E-state index contributed by atoms with van der Waals surface area (Å²) in [5, 5.41) is 2.29. The average molecular weight is 163 g/mol. The predicted octanol–water partition coefficient (Wildman–Crippen LogP) is 1.05. The third kappa shape index (κ3) is 4.64. The van der Waals surface area contributed by atoms with Crippen LogP contribution in [-0.4, -0.2) is 24.5 Å². The molecule has 0 atom stereocenters. The Labute approximate surface area is 66.5 Å². The fourth-order valence-corrected chi connectivity index (χ4v) is 0.989. The van der Waals surface area contributed by atoms with Crippen molar-refractivity contribution in [3.05, 3.63) is 0 Å². The Morgan fingerprint density at radius 3 is 2.50 bits per heavy atom. The van der Waals surface area contributed by atoms with E-state index in [0.29, 0.717) is 6.61 Å². The number of rotatable bonds is 3. The van der Waals surface area contributed by atoms with Crippen LogP contribution in [0.25, 0.3) is 0 Å². The Balaban J connectivity index is 3.74. The zero-order chi connectivity index (χ0) is 8.20. The van der Waals surface area contributed by atoms with Gasteiger partial charge in [-0.25, -0.2) is 0 Å². The van der Waals surface area contributed by atoms with E-state index in [0.717, 1.165) is 0 Å². The number of carbonyl (C=O) groups is 1. The molecule has 0 aromatic rings. The van der Waals surface area contributed by atoms with Gasteiger partial charge in [0.2, 0.25) is 0 Å². The molecule has 0 heterocycles. The lowest BCUT2D eigenvalue weighted by molar-refractivity contribution is 0.134. The van der Waals surface area contributed by atoms with E-state index < -0.39 is 0 Å². The van der Waals surface area contributed by atoms with Crippen LogP contribution in [0.4, 0.5) is 4.79 Å². The Kier molecular flexibility index (Phi) is 3.75. The highest BCUT2D eigenvalue weighted by Crippen LogP contribution is 2.02. The van der Waals surface area contributed by atoms with Crippen LogP contribution in [0, 0.1) is 0 Å². The number of nitrogens with one attached hydrogen (secondary N) is 1. The molecule has 60 valence electrons. The second-order valence-corrected chi connectivity index (χ2v) is 3.15. The van der Waals surface area contributed by atoms with E-state index in [1.165, 1.54) is 0 Å². The Hall–Kier alpha value is -0.220. The number of hydrogen-bond donors (Lipinski definition) is 2. The molecule has 0 fully saturated rings. The molecule has 0 saturated carbocycles. The highest BCUT2D eigenvalue weighted by Gasteiger charge is 2.17. The highest BCUT2D eigenvalue weighted by atomic mass is 32.1. The van der Waals surface area contributed by atoms with Crippen LogP contribution < -0.4 is 5.32 Å². The molecule has 0 aliphatic carbocycles. The lowest BCUT2D eigenvalue weighted by Gasteiger charge is -2.23. The first kappa shape index (κ1) is 9.78. The molecule has 0 rings (SSSR count). The summed E-state index contributed by atoms with van der Waals surface area (Å²) in [4.78, 5) is 10.4. The second-order valence-electron chi connectivity index (χ2n) is 2.75. The van der Waals surface area contributed by atoms with Crippen LogP contribution in [0.2, 0.25) is 0 Å². The van der Waals surface area contributed by atoms with Crippen LogP contribution in [0.3, 0.4) is 0 Å². The van der Waals surface area contributed by atoms with E-state index in [9.17, 15) is 4.79 Å². The first-order chi connectivity index (χ1) is 4.48. The maximum absolute atomic E-state index is 10.4. The Morgan fingerprint density at radius 1 is 1.70 bits per heavy atom. The van der Waals surface area contributed by atoms with Crippen LogP contribution >= 0.6 is 12.6 Å². The first-order valence-corrected chi connectivity index (χ1v) is 3.43. The van der Waals surface area contributed by atoms with Crippen molar-refractivity contribution >= 4 is 17.9 Å². The summed E-state index contributed by atoms with van der Waals surface area (Å²) in [5.74, 6) is 0. The van der Waals surface area contributed by atoms with Gasteiger partial charge in [-0.1, -0.05) is 12.6 Å². The molecule has 0 aromatic carbocycles. The molecule has 10 heavy (non-hydrogen) atoms. The monoisotopic (exact) mass is 163 g/mol. The SMILES string of the molecule is COCC(C)(C)NC(=O)S. The standard InChI is InChI=1S/C6H13NO2S/c1-6(2,4-9-3)7-5(8)10/h4H2,1-3H3,(H2,7,8,10). The summed E-state index contributed by atoms with van der Waals surface area (Å²) < 4.78 is 4.86. The van der Waals surface area contributed by atoms with Crippen molar-refractivity contribution in [2.75, 3.05) is 13.7 Å². The van der Waals surface area contributed by atoms with Gasteiger partial charge in [0, 0.05) is 7.11 Å². The van der Waals surface area contributed by atoms with E-state index in [2.05, 4.69) is 17.9 Å². The summed E-state index contributed by atoms with van der Waals surface area (Å²) in [7, 11) is 1.59. The van der Waals surface area contributed by atoms with Crippen molar-refractivity contribution in [1.82, 2.24) is 5.32 Å². The van der Waals surface area contributed by atoms with Gasteiger partial charge in [-0.15, -0.1) is 0 Å². The fraction of sp³-hybridized carbons (Fsp3) is 0.833. The van der Waals surface area contributed by atoms with Crippen LogP contribution in [0.15, 0.2) is 0 Å². The molecule has 0 aliphatic heterocycles. The largest absolute Gasteiger partial charge is 0.382 e. The minimum atomic E-state index is -0.331. The Morgan fingerprint density at radius 2 is 2.20 bits per heavy atom. The summed E-state index contributed by atoms with van der Waals surface area (Å²) in [6.45, 7) is 4.22. The summed E-state index contributed by atoms with van der Waals surface area (Å²) >= 11 is 3.58. The van der Waals surface area contributed by atoms with Crippen molar-refractivity contribution in [2.24, 2.45) is 0 Å². The average Bonchev–Trinajstić information content (AvgIpc) is 1.59. The molecule has 0 spiro atoms. The van der Waals surface area contributed by atoms with Gasteiger partial charge in [-0.2, -0.15) is 0 Å². The third-order valence-electron chi connectivity index (χ3n) is 0.951. The highest BCUT2D eigenvalue weighted by molar-refractivity contribution is 7.96. The molecule has 4 heteroatoms. The van der Waals surface area contributed by atoms with Gasteiger partial charge in [0.15, 0.2) is 0 Å². The van der Waals surface area contributed by atoms with Gasteiger partial charge in [0.1, 0.15) is 0 Å². The number of hydrogen-bond acceptors (Lipinski definition) is 2. The molecule has 0 unspecified atom stereocenters. The van der Waals surface area contributed by atoms with Crippen LogP contribution in [-0.2, 0) is 4.74 Å². The van der Waals surface area contributed by atoms with Crippen molar-refractivity contribution < 1.29 is 9.53 Å². The van der Waals surface area contributed by atoms with E-state index in [1.54, 1.807) is 7.11 Å². The van der Waals surface area contributed by atoms with E-state index in [1.807, 2.05) is 13.8 Å². The van der Waals surface area contributed by atoms with Gasteiger partial charge in [-0.05, 0) is 13.8 Å². The summed E-state index contributed by atoms with van der Waals surface area (Å²) in [5.41, 5.74) is -0.326. The molecular weight excluding hydrogens is 150 g/mol. The minimum absolute atomic E-state index is 0.326. The molecule has 0 bridgehead atoms. The molecule has 0 aliphatic rings. The maximum Gasteiger partial charge on any atom is 0.276 e. The second kappa shape index (κ2) is 3.83. The fourth-order valence-electron chi connectivity index (χ4n) is 0.686. The summed E-state index contributed by atoms with van der Waals surface area (Å²) in [6, 6.07) is 0. The molecule has 3 nitrogen and oxygen atoms in total. The van der Waals surface area contributed by atoms with Gasteiger partial charge >= 0.3 is 0 Å². The molecule has 0 radical (unpaired) electrons. The normalized spacial score (nSPS) is 11.2. The van der Waals surface area contributed by atoms with Gasteiger partial charge in [-0.3, -0.25) is 4.79 Å². The third-order valence-corrected chi connectivity index (χ3v) is 1.06. The van der Waals surface area contributed by atoms with Crippen molar-refractivity contribution in [3.63, 3.8) is 0 Å². The lowest BCUT2D eigenvalue weighted by atomic mass is 10.1. The predicted molar refractivity (Wildman–Crippen MR) is 43.5 cm³/mol. The van der Waals surface area contributed by atoms with Gasteiger partial charge in [0.25, 0.3) is 5.24 Å². The number of thiol groups is 1. The van der Waals surface area contributed by atoms with E-state index in [4.69, 9.17) is 4.74 Å². The minimum Gasteiger partial charge on any atom is -0.382 e. The first-order valence-electron chi connectivity index (χ1n) is 2.98. The van der Waals surface area contributed by atoms with Crippen LogP contribution in [0.1, 0.15) is 13.8 Å². The van der Waals surface area contributed by atoms with Crippen molar-refractivity contribution in [1.29, 1.82) is 0 Å². The van der Waals surface area contributed by atoms with E-state index in [-0.39, 0.29) is 10.8 Å². The quantitative estimate of drug-likeness (QED) is 0.610. The molecule has 0 aromatic heterocycles. The Bertz CT molecular complexity index is 125. The zero-order valence-electron chi connectivity index (χ0n) is 6.47. The smallest absolute Gasteiger partial charge is 0.276 e. The maximum atomic E-state index is 10.4. The molecule has 0 saturated heterocycles. The zero-order valence-corrected chi connectivity index (χ0v) is 7.37.